The number of benzene rings is 1. The van der Waals surface area contributed by atoms with Crippen molar-refractivity contribution < 1.29 is 14.3 Å². The van der Waals surface area contributed by atoms with E-state index in [1.807, 2.05) is 0 Å². The number of hydrogen-bond acceptors (Lipinski definition) is 7. The zero-order chi connectivity index (χ0) is 20.1. The molecule has 0 saturated heterocycles. The van der Waals surface area contributed by atoms with Crippen LogP contribution in [-0.4, -0.2) is 47.3 Å². The average Bonchev–Trinajstić information content (AvgIpc) is 3.07. The topological polar surface area (TPSA) is 82.4 Å². The smallest absolute Gasteiger partial charge is 0.268 e. The minimum Gasteiger partial charge on any atom is -0.497 e. The number of rotatable bonds is 8. The van der Waals surface area contributed by atoms with E-state index in [2.05, 4.69) is 17.2 Å². The van der Waals surface area contributed by atoms with E-state index >= 15 is 0 Å². The molecule has 1 N–H and O–H groups in total. The normalized spacial score (nSPS) is 15.3. The van der Waals surface area contributed by atoms with Crippen LogP contribution in [0, 0.1) is 0 Å². The number of amides is 1. The number of nitrogens with one attached hydrogen (secondary N) is 1. The molecule has 0 fully saturated rings. The molecule has 1 atom stereocenters. The second kappa shape index (κ2) is 9.49. The summed E-state index contributed by atoms with van der Waals surface area (Å²) in [6.07, 6.45) is 0.770. The fraction of sp³-hybridized carbons (Fsp3) is 0.421. The maximum atomic E-state index is 12.8. The van der Waals surface area contributed by atoms with Crippen molar-refractivity contribution in [2.45, 2.75) is 35.2 Å². The van der Waals surface area contributed by atoms with E-state index in [4.69, 9.17) is 9.47 Å². The molecule has 0 radical (unpaired) electrons. The number of aromatic nitrogens is 2. The monoisotopic (exact) mass is 421 g/mol. The number of carbonyl (C=O) groups excluding carboxylic acids is 1. The number of fused-ring (bicyclic) bond motifs is 1. The Bertz CT molecular complexity index is 899. The van der Waals surface area contributed by atoms with Crippen LogP contribution in [0.1, 0.15) is 12.6 Å². The highest BCUT2D eigenvalue weighted by Crippen LogP contribution is 2.34. The van der Waals surface area contributed by atoms with E-state index in [9.17, 15) is 9.59 Å². The molecule has 9 heteroatoms. The molecule has 0 aliphatic carbocycles. The minimum absolute atomic E-state index is 0.0468. The van der Waals surface area contributed by atoms with E-state index < -0.39 is 0 Å². The van der Waals surface area contributed by atoms with Gasteiger partial charge in [-0.15, -0.1) is 11.8 Å². The molecule has 2 aromatic rings. The van der Waals surface area contributed by atoms with Crippen LogP contribution >= 0.6 is 23.5 Å². The molecular weight excluding hydrogens is 398 g/mol. The molecule has 150 valence electrons. The third-order valence-electron chi connectivity index (χ3n) is 4.19. The van der Waals surface area contributed by atoms with Crippen molar-refractivity contribution in [3.63, 3.8) is 0 Å². The maximum absolute atomic E-state index is 12.8. The van der Waals surface area contributed by atoms with Crippen molar-refractivity contribution in [2.75, 3.05) is 31.9 Å². The number of anilines is 1. The second-order valence-electron chi connectivity index (χ2n) is 6.32. The lowest BCUT2D eigenvalue weighted by Crippen LogP contribution is -2.27. The molecule has 1 aromatic heterocycles. The number of hydrogen-bond donors (Lipinski definition) is 1. The number of methoxy groups -OCH3 is 2. The van der Waals surface area contributed by atoms with Crippen molar-refractivity contribution in [1.29, 1.82) is 0 Å². The van der Waals surface area contributed by atoms with Gasteiger partial charge in [0.2, 0.25) is 5.91 Å². The van der Waals surface area contributed by atoms with Crippen LogP contribution < -0.4 is 15.6 Å². The highest BCUT2D eigenvalue weighted by atomic mass is 32.2. The molecule has 0 bridgehead atoms. The van der Waals surface area contributed by atoms with Crippen molar-refractivity contribution in [3.05, 3.63) is 40.3 Å². The summed E-state index contributed by atoms with van der Waals surface area (Å²) in [6, 6.07) is 7.13. The van der Waals surface area contributed by atoms with Crippen LogP contribution in [0.15, 0.2) is 39.1 Å². The quantitative estimate of drug-likeness (QED) is 0.518. The molecule has 0 unspecified atom stereocenters. The number of carbonyl (C=O) groups is 1. The van der Waals surface area contributed by atoms with Crippen molar-refractivity contribution >= 4 is 35.1 Å². The molecule has 0 spiro atoms. The van der Waals surface area contributed by atoms with Gasteiger partial charge in [-0.25, -0.2) is 4.98 Å². The lowest BCUT2D eigenvalue weighted by molar-refractivity contribution is -0.113. The van der Waals surface area contributed by atoms with Crippen molar-refractivity contribution in [3.8, 4) is 5.75 Å². The average molecular weight is 422 g/mol. The number of ether oxygens (including phenoxy) is 2. The zero-order valence-corrected chi connectivity index (χ0v) is 17.7. The van der Waals surface area contributed by atoms with E-state index in [0.717, 1.165) is 22.8 Å². The van der Waals surface area contributed by atoms with Crippen LogP contribution in [0.3, 0.4) is 0 Å². The van der Waals surface area contributed by atoms with Crippen LogP contribution in [0.25, 0.3) is 0 Å². The molecule has 1 aliphatic heterocycles. The van der Waals surface area contributed by atoms with Crippen molar-refractivity contribution in [2.24, 2.45) is 0 Å². The second-order valence-corrected chi connectivity index (χ2v) is 8.71. The molecule has 2 heterocycles. The van der Waals surface area contributed by atoms with Gasteiger partial charge < -0.3 is 14.8 Å². The molecule has 1 aromatic carbocycles. The van der Waals surface area contributed by atoms with Gasteiger partial charge in [0.25, 0.3) is 5.56 Å². The van der Waals surface area contributed by atoms with Gasteiger partial charge in [0.15, 0.2) is 5.16 Å². The number of thioether (sulfide) groups is 2. The van der Waals surface area contributed by atoms with Gasteiger partial charge in [-0.3, -0.25) is 14.2 Å². The van der Waals surface area contributed by atoms with Crippen LogP contribution in [0.2, 0.25) is 0 Å². The highest BCUT2D eigenvalue weighted by Gasteiger charge is 2.26. The van der Waals surface area contributed by atoms with E-state index in [1.54, 1.807) is 54.8 Å². The fourth-order valence-corrected chi connectivity index (χ4v) is 4.78. The Labute approximate surface area is 172 Å². The van der Waals surface area contributed by atoms with Gasteiger partial charge in [0.1, 0.15) is 5.75 Å². The molecule has 28 heavy (non-hydrogen) atoms. The molecule has 0 saturated carbocycles. The molecule has 7 nitrogen and oxygen atoms in total. The fourth-order valence-electron chi connectivity index (χ4n) is 2.82. The van der Waals surface area contributed by atoms with Crippen LogP contribution in [-0.2, 0) is 22.5 Å². The summed E-state index contributed by atoms with van der Waals surface area (Å²) < 4.78 is 11.8. The first-order valence-electron chi connectivity index (χ1n) is 8.87. The molecule has 1 amide bonds. The van der Waals surface area contributed by atoms with Gasteiger partial charge in [-0.2, -0.15) is 0 Å². The predicted molar refractivity (Wildman–Crippen MR) is 112 cm³/mol. The summed E-state index contributed by atoms with van der Waals surface area (Å²) in [5, 5.41) is 3.73. The Morgan fingerprint density at radius 1 is 1.36 bits per heavy atom. The van der Waals surface area contributed by atoms with Gasteiger partial charge in [0, 0.05) is 24.5 Å². The Balaban J connectivity index is 1.71. The van der Waals surface area contributed by atoms with E-state index in [1.165, 1.54) is 11.8 Å². The van der Waals surface area contributed by atoms with Crippen LogP contribution in [0.5, 0.6) is 5.75 Å². The first kappa shape index (κ1) is 20.8. The Morgan fingerprint density at radius 2 is 2.11 bits per heavy atom. The highest BCUT2D eigenvalue weighted by molar-refractivity contribution is 8.00. The lowest BCUT2D eigenvalue weighted by atomic mass is 10.2. The maximum Gasteiger partial charge on any atom is 0.268 e. The molecular formula is C19H23N3O4S2. The van der Waals surface area contributed by atoms with Gasteiger partial charge in [0.05, 0.1) is 36.6 Å². The third kappa shape index (κ3) is 4.89. The summed E-state index contributed by atoms with van der Waals surface area (Å²) in [5.74, 6) is 0.724. The Hall–Kier alpha value is -1.97. The summed E-state index contributed by atoms with van der Waals surface area (Å²) in [7, 11) is 3.19. The lowest BCUT2D eigenvalue weighted by Gasteiger charge is -2.13. The SMILES string of the molecule is COCCn1c(SCC(=O)Nc2ccc(OC)cc2)nc2c(c1=O)S[C@@H](C)C2. The predicted octanol–water partition coefficient (Wildman–Crippen LogP) is 2.67. The van der Waals surface area contributed by atoms with Crippen molar-refractivity contribution in [1.82, 2.24) is 9.55 Å². The summed E-state index contributed by atoms with van der Waals surface area (Å²) >= 11 is 2.83. The third-order valence-corrected chi connectivity index (χ3v) is 6.38. The van der Waals surface area contributed by atoms with Gasteiger partial charge in [-0.1, -0.05) is 18.7 Å². The van der Waals surface area contributed by atoms with Crippen LogP contribution in [0.4, 0.5) is 5.69 Å². The van der Waals surface area contributed by atoms with Gasteiger partial charge >= 0.3 is 0 Å². The first-order chi connectivity index (χ1) is 13.5. The molecule has 1 aliphatic rings. The zero-order valence-electron chi connectivity index (χ0n) is 16.1. The summed E-state index contributed by atoms with van der Waals surface area (Å²) in [5.41, 5.74) is 1.47. The van der Waals surface area contributed by atoms with E-state index in [-0.39, 0.29) is 17.2 Å². The Morgan fingerprint density at radius 3 is 2.79 bits per heavy atom. The van der Waals surface area contributed by atoms with E-state index in [0.29, 0.717) is 29.2 Å². The number of nitrogens with zero attached hydrogens (tertiary/aromatic N) is 2. The largest absolute Gasteiger partial charge is 0.497 e. The standard InChI is InChI=1S/C19H23N3O4S2/c1-12-10-15-17(28-12)18(24)22(8-9-25-2)19(21-15)27-11-16(23)20-13-4-6-14(26-3)7-5-13/h4-7,12H,8-11H2,1-3H3,(H,20,23)/t12-/m0/s1. The summed E-state index contributed by atoms with van der Waals surface area (Å²) in [4.78, 5) is 30.6. The van der Waals surface area contributed by atoms with Gasteiger partial charge in [-0.05, 0) is 24.3 Å². The molecule has 3 rings (SSSR count). The summed E-state index contributed by atoms with van der Waals surface area (Å²) in [6.45, 7) is 2.90. The first-order valence-corrected chi connectivity index (χ1v) is 10.7. The Kier molecular flexibility index (Phi) is 7.03. The minimum atomic E-state index is -0.161.